The van der Waals surface area contributed by atoms with Crippen molar-refractivity contribution in [3.63, 3.8) is 0 Å². The predicted molar refractivity (Wildman–Crippen MR) is 84.6 cm³/mol. The number of aryl methyl sites for hydroxylation is 1. The molecule has 0 aliphatic carbocycles. The fourth-order valence-corrected chi connectivity index (χ4v) is 1.93. The Balaban J connectivity index is 2.54. The van der Waals surface area contributed by atoms with Crippen LogP contribution >= 0.6 is 0 Å². The standard InChI is InChI=1S/C17H23NO4/c1-4-9-22-11-15(17(20)21)18-16(19)13(3)10-14-7-5-12(2)6-8-14/h4-8,13,15H,1,9-11H2,2-3H3,(H,18,19)(H,20,21). The Hall–Kier alpha value is -2.14. The van der Waals surface area contributed by atoms with Crippen molar-refractivity contribution >= 4 is 11.9 Å². The molecule has 1 aromatic carbocycles. The summed E-state index contributed by atoms with van der Waals surface area (Å²) in [5.41, 5.74) is 2.20. The van der Waals surface area contributed by atoms with E-state index in [4.69, 9.17) is 9.84 Å². The maximum Gasteiger partial charge on any atom is 0.328 e. The second kappa shape index (κ2) is 9.00. The van der Waals surface area contributed by atoms with E-state index in [1.807, 2.05) is 31.2 Å². The van der Waals surface area contributed by atoms with Crippen LogP contribution in [0.2, 0.25) is 0 Å². The number of carboxylic acid groups (broad SMARTS) is 1. The van der Waals surface area contributed by atoms with E-state index in [-0.39, 0.29) is 25.0 Å². The second-order valence-electron chi connectivity index (χ2n) is 5.32. The molecule has 1 aromatic rings. The van der Waals surface area contributed by atoms with Gasteiger partial charge in [-0.05, 0) is 18.9 Å². The first-order valence-electron chi connectivity index (χ1n) is 7.21. The lowest BCUT2D eigenvalue weighted by molar-refractivity contribution is -0.144. The van der Waals surface area contributed by atoms with Gasteiger partial charge in [-0.15, -0.1) is 6.58 Å². The third kappa shape index (κ3) is 6.10. The van der Waals surface area contributed by atoms with Crippen LogP contribution in [0.25, 0.3) is 0 Å². The quantitative estimate of drug-likeness (QED) is 0.540. The van der Waals surface area contributed by atoms with Crippen LogP contribution in [0.5, 0.6) is 0 Å². The zero-order valence-electron chi connectivity index (χ0n) is 13.0. The third-order valence-electron chi connectivity index (χ3n) is 3.24. The SMILES string of the molecule is C=CCOCC(NC(=O)C(C)Cc1ccc(C)cc1)C(=O)O. The van der Waals surface area contributed by atoms with Crippen molar-refractivity contribution < 1.29 is 19.4 Å². The molecule has 0 aromatic heterocycles. The van der Waals surface area contributed by atoms with Gasteiger partial charge in [-0.3, -0.25) is 4.79 Å². The Bertz CT molecular complexity index is 510. The topological polar surface area (TPSA) is 75.6 Å². The number of rotatable bonds is 9. The molecule has 22 heavy (non-hydrogen) atoms. The highest BCUT2D eigenvalue weighted by Gasteiger charge is 2.23. The van der Waals surface area contributed by atoms with Gasteiger partial charge in [-0.1, -0.05) is 42.8 Å². The van der Waals surface area contributed by atoms with E-state index in [2.05, 4.69) is 11.9 Å². The minimum atomic E-state index is -1.11. The van der Waals surface area contributed by atoms with Crippen molar-refractivity contribution in [2.75, 3.05) is 13.2 Å². The fourth-order valence-electron chi connectivity index (χ4n) is 1.93. The Kier molecular flexibility index (Phi) is 7.32. The number of ether oxygens (including phenoxy) is 1. The minimum absolute atomic E-state index is 0.0790. The lowest BCUT2D eigenvalue weighted by Crippen LogP contribution is -2.46. The fraction of sp³-hybridized carbons (Fsp3) is 0.412. The number of aliphatic carboxylic acids is 1. The third-order valence-corrected chi connectivity index (χ3v) is 3.24. The molecule has 0 aliphatic heterocycles. The molecule has 0 heterocycles. The zero-order chi connectivity index (χ0) is 16.5. The summed E-state index contributed by atoms with van der Waals surface area (Å²) in [6.07, 6.45) is 2.09. The minimum Gasteiger partial charge on any atom is -0.480 e. The average Bonchev–Trinajstić information content (AvgIpc) is 2.48. The van der Waals surface area contributed by atoms with Crippen LogP contribution in [0.4, 0.5) is 0 Å². The number of nitrogens with one attached hydrogen (secondary N) is 1. The van der Waals surface area contributed by atoms with Gasteiger partial charge in [-0.2, -0.15) is 0 Å². The van der Waals surface area contributed by atoms with Crippen molar-refractivity contribution in [2.24, 2.45) is 5.92 Å². The Labute approximate surface area is 131 Å². The van der Waals surface area contributed by atoms with Crippen molar-refractivity contribution in [1.29, 1.82) is 0 Å². The Morgan fingerprint density at radius 1 is 1.36 bits per heavy atom. The first-order chi connectivity index (χ1) is 10.4. The monoisotopic (exact) mass is 305 g/mol. The first-order valence-corrected chi connectivity index (χ1v) is 7.21. The van der Waals surface area contributed by atoms with Gasteiger partial charge in [0, 0.05) is 5.92 Å². The Morgan fingerprint density at radius 3 is 2.55 bits per heavy atom. The van der Waals surface area contributed by atoms with E-state index >= 15 is 0 Å². The second-order valence-corrected chi connectivity index (χ2v) is 5.32. The van der Waals surface area contributed by atoms with Gasteiger partial charge >= 0.3 is 5.97 Å². The van der Waals surface area contributed by atoms with Crippen LogP contribution in [-0.2, 0) is 20.7 Å². The van der Waals surface area contributed by atoms with Crippen molar-refractivity contribution in [3.8, 4) is 0 Å². The maximum atomic E-state index is 12.1. The molecule has 0 saturated heterocycles. The molecule has 0 aliphatic rings. The first kappa shape index (κ1) is 17.9. The van der Waals surface area contributed by atoms with Gasteiger partial charge in [0.25, 0.3) is 0 Å². The molecular formula is C17H23NO4. The number of benzene rings is 1. The van der Waals surface area contributed by atoms with Gasteiger partial charge in [0.15, 0.2) is 6.04 Å². The number of hydrogen-bond donors (Lipinski definition) is 2. The number of carbonyl (C=O) groups is 2. The lowest BCUT2D eigenvalue weighted by Gasteiger charge is -2.18. The largest absolute Gasteiger partial charge is 0.480 e. The molecule has 2 unspecified atom stereocenters. The van der Waals surface area contributed by atoms with Gasteiger partial charge in [0.05, 0.1) is 13.2 Å². The van der Waals surface area contributed by atoms with E-state index in [9.17, 15) is 9.59 Å². The lowest BCUT2D eigenvalue weighted by atomic mass is 9.99. The molecule has 0 spiro atoms. The van der Waals surface area contributed by atoms with E-state index in [1.54, 1.807) is 6.92 Å². The highest BCUT2D eigenvalue weighted by Crippen LogP contribution is 2.10. The summed E-state index contributed by atoms with van der Waals surface area (Å²) in [6, 6.07) is 6.88. The van der Waals surface area contributed by atoms with Gasteiger partial charge < -0.3 is 15.2 Å². The normalized spacial score (nSPS) is 13.2. The summed E-state index contributed by atoms with van der Waals surface area (Å²) in [5, 5.41) is 11.6. The van der Waals surface area contributed by atoms with Crippen LogP contribution < -0.4 is 5.32 Å². The van der Waals surface area contributed by atoms with E-state index < -0.39 is 12.0 Å². The molecule has 0 saturated carbocycles. The molecule has 5 heteroatoms. The molecular weight excluding hydrogens is 282 g/mol. The molecule has 2 atom stereocenters. The molecule has 5 nitrogen and oxygen atoms in total. The van der Waals surface area contributed by atoms with Crippen molar-refractivity contribution in [3.05, 3.63) is 48.0 Å². The predicted octanol–water partition coefficient (Wildman–Crippen LogP) is 1.95. The van der Waals surface area contributed by atoms with E-state index in [0.717, 1.165) is 11.1 Å². The van der Waals surface area contributed by atoms with Crippen molar-refractivity contribution in [1.82, 2.24) is 5.32 Å². The smallest absolute Gasteiger partial charge is 0.328 e. The van der Waals surface area contributed by atoms with Gasteiger partial charge in [-0.25, -0.2) is 4.79 Å². The molecule has 2 N–H and O–H groups in total. The molecule has 1 rings (SSSR count). The van der Waals surface area contributed by atoms with Crippen LogP contribution in [0.15, 0.2) is 36.9 Å². The molecule has 120 valence electrons. The van der Waals surface area contributed by atoms with Gasteiger partial charge in [0.2, 0.25) is 5.91 Å². The average molecular weight is 305 g/mol. The molecule has 1 amide bonds. The summed E-state index contributed by atoms with van der Waals surface area (Å²) < 4.78 is 5.10. The number of hydrogen-bond acceptors (Lipinski definition) is 3. The summed E-state index contributed by atoms with van der Waals surface area (Å²) in [7, 11) is 0. The van der Waals surface area contributed by atoms with Crippen LogP contribution in [-0.4, -0.2) is 36.2 Å². The number of amides is 1. The zero-order valence-corrected chi connectivity index (χ0v) is 13.0. The Morgan fingerprint density at radius 2 is 2.00 bits per heavy atom. The van der Waals surface area contributed by atoms with Gasteiger partial charge in [0.1, 0.15) is 0 Å². The summed E-state index contributed by atoms with van der Waals surface area (Å²) in [6.45, 7) is 7.43. The molecule has 0 bridgehead atoms. The highest BCUT2D eigenvalue weighted by molar-refractivity contribution is 5.85. The van der Waals surface area contributed by atoms with Crippen molar-refractivity contribution in [2.45, 2.75) is 26.3 Å². The number of carbonyl (C=O) groups excluding carboxylic acids is 1. The summed E-state index contributed by atoms with van der Waals surface area (Å²) in [4.78, 5) is 23.2. The number of carboxylic acids is 1. The summed E-state index contributed by atoms with van der Waals surface area (Å²) in [5.74, 6) is -1.72. The highest BCUT2D eigenvalue weighted by atomic mass is 16.5. The maximum absolute atomic E-state index is 12.1. The van der Waals surface area contributed by atoms with Crippen LogP contribution in [0, 0.1) is 12.8 Å². The van der Waals surface area contributed by atoms with E-state index in [1.165, 1.54) is 6.08 Å². The molecule has 0 fully saturated rings. The summed E-state index contributed by atoms with van der Waals surface area (Å²) >= 11 is 0. The van der Waals surface area contributed by atoms with Crippen LogP contribution in [0.3, 0.4) is 0 Å². The van der Waals surface area contributed by atoms with Crippen LogP contribution in [0.1, 0.15) is 18.1 Å². The van der Waals surface area contributed by atoms with E-state index in [0.29, 0.717) is 6.42 Å². The molecule has 0 radical (unpaired) electrons.